The highest BCUT2D eigenvalue weighted by Gasteiger charge is 2.08. The van der Waals surface area contributed by atoms with Crippen LogP contribution in [0.4, 0.5) is 0 Å². The summed E-state index contributed by atoms with van der Waals surface area (Å²) in [5.41, 5.74) is 1.58. The van der Waals surface area contributed by atoms with Gasteiger partial charge in [0, 0.05) is 0 Å². The summed E-state index contributed by atoms with van der Waals surface area (Å²) >= 11 is 0. The normalized spacial score (nSPS) is 17.2. The van der Waals surface area contributed by atoms with Crippen LogP contribution in [0, 0.1) is 5.92 Å². The number of phenolic OH excluding ortho intramolecular Hbond substituents is 1. The summed E-state index contributed by atoms with van der Waals surface area (Å²) < 4.78 is 0. The van der Waals surface area contributed by atoms with Crippen molar-refractivity contribution in [3.8, 4) is 11.4 Å². The fraction of sp³-hybridized carbons (Fsp3) is 0.294. The molecule has 0 saturated carbocycles. The maximum atomic E-state index is 9.80. The molecule has 1 aromatic heterocycles. The van der Waals surface area contributed by atoms with Crippen molar-refractivity contribution in [1.82, 2.24) is 15.0 Å². The second-order valence-electron chi connectivity index (χ2n) is 5.32. The van der Waals surface area contributed by atoms with Gasteiger partial charge in [-0.2, -0.15) is 10.2 Å². The van der Waals surface area contributed by atoms with Crippen LogP contribution in [0.1, 0.15) is 25.0 Å². The molecule has 3 rings (SSSR count). The molecule has 1 N–H and O–H groups in total. The number of hydrogen-bond acceptors (Lipinski definition) is 3. The molecular formula is C17H19N3O. The first-order chi connectivity index (χ1) is 10.3. The Morgan fingerprint density at radius 1 is 1.24 bits per heavy atom. The van der Waals surface area contributed by atoms with Crippen molar-refractivity contribution in [1.29, 1.82) is 0 Å². The highest BCUT2D eigenvalue weighted by atomic mass is 16.3. The SMILES string of the molecule is Oc1ccccc1-n1ncc(CCCC2C=CC=CC2)n1. The van der Waals surface area contributed by atoms with E-state index in [1.807, 2.05) is 6.07 Å². The third kappa shape index (κ3) is 3.40. The van der Waals surface area contributed by atoms with Crippen molar-refractivity contribution in [2.24, 2.45) is 5.92 Å². The quantitative estimate of drug-likeness (QED) is 0.913. The fourth-order valence-corrected chi connectivity index (χ4v) is 2.55. The third-order valence-corrected chi connectivity index (χ3v) is 3.71. The van der Waals surface area contributed by atoms with Crippen molar-refractivity contribution >= 4 is 0 Å². The van der Waals surface area contributed by atoms with E-state index in [4.69, 9.17) is 0 Å². The maximum Gasteiger partial charge on any atom is 0.143 e. The smallest absolute Gasteiger partial charge is 0.143 e. The summed E-state index contributed by atoms with van der Waals surface area (Å²) in [4.78, 5) is 1.49. The van der Waals surface area contributed by atoms with Crippen LogP contribution in [-0.4, -0.2) is 20.1 Å². The van der Waals surface area contributed by atoms with E-state index in [0.717, 1.165) is 25.0 Å². The number of para-hydroxylation sites is 2. The van der Waals surface area contributed by atoms with Gasteiger partial charge in [0.2, 0.25) is 0 Å². The Bertz CT molecular complexity index is 658. The lowest BCUT2D eigenvalue weighted by Crippen LogP contribution is -2.01. The first-order valence-electron chi connectivity index (χ1n) is 7.36. The van der Waals surface area contributed by atoms with Gasteiger partial charge in [-0.25, -0.2) is 0 Å². The van der Waals surface area contributed by atoms with Gasteiger partial charge in [0.05, 0.1) is 11.9 Å². The molecule has 0 amide bonds. The van der Waals surface area contributed by atoms with Gasteiger partial charge >= 0.3 is 0 Å². The second kappa shape index (κ2) is 6.39. The number of aromatic hydroxyl groups is 1. The molecule has 0 bridgehead atoms. The zero-order chi connectivity index (χ0) is 14.5. The molecule has 21 heavy (non-hydrogen) atoms. The first kappa shape index (κ1) is 13.6. The number of phenols is 1. The Morgan fingerprint density at radius 2 is 2.14 bits per heavy atom. The fourth-order valence-electron chi connectivity index (χ4n) is 2.55. The molecule has 1 aromatic carbocycles. The topological polar surface area (TPSA) is 50.9 Å². The summed E-state index contributed by atoms with van der Waals surface area (Å²) in [5.74, 6) is 0.849. The standard InChI is InChI=1S/C17H19N3O/c21-17-12-5-4-11-16(17)20-18-13-15(19-20)10-6-9-14-7-2-1-3-8-14/h1-5,7,11-14,21H,6,8-10H2. The van der Waals surface area contributed by atoms with Crippen LogP contribution in [0.15, 0.2) is 54.8 Å². The Labute approximate surface area is 124 Å². The Kier molecular flexibility index (Phi) is 4.15. The zero-order valence-corrected chi connectivity index (χ0v) is 11.9. The average molecular weight is 281 g/mol. The van der Waals surface area contributed by atoms with Crippen LogP contribution in [-0.2, 0) is 6.42 Å². The molecule has 2 aromatic rings. The van der Waals surface area contributed by atoms with Gasteiger partial charge in [-0.05, 0) is 43.7 Å². The lowest BCUT2D eigenvalue weighted by Gasteiger charge is -2.11. The van der Waals surface area contributed by atoms with Crippen LogP contribution in [0.2, 0.25) is 0 Å². The van der Waals surface area contributed by atoms with E-state index < -0.39 is 0 Å². The molecule has 1 unspecified atom stereocenters. The molecule has 1 aliphatic carbocycles. The molecule has 108 valence electrons. The van der Waals surface area contributed by atoms with Gasteiger partial charge in [0.25, 0.3) is 0 Å². The summed E-state index contributed by atoms with van der Waals surface area (Å²) in [7, 11) is 0. The summed E-state index contributed by atoms with van der Waals surface area (Å²) in [6.45, 7) is 0. The predicted octanol–water partition coefficient (Wildman–Crippen LogP) is 3.43. The largest absolute Gasteiger partial charge is 0.506 e. The Balaban J connectivity index is 1.57. The van der Waals surface area contributed by atoms with Gasteiger partial charge in [-0.15, -0.1) is 4.80 Å². The van der Waals surface area contributed by atoms with E-state index in [1.54, 1.807) is 24.4 Å². The van der Waals surface area contributed by atoms with E-state index in [0.29, 0.717) is 11.6 Å². The van der Waals surface area contributed by atoms with E-state index in [-0.39, 0.29) is 5.75 Å². The molecule has 4 nitrogen and oxygen atoms in total. The summed E-state index contributed by atoms with van der Waals surface area (Å²) in [5, 5.41) is 18.5. The molecule has 1 heterocycles. The van der Waals surface area contributed by atoms with Gasteiger partial charge in [0.15, 0.2) is 0 Å². The van der Waals surface area contributed by atoms with E-state index in [9.17, 15) is 5.11 Å². The van der Waals surface area contributed by atoms with Crippen molar-refractivity contribution in [2.45, 2.75) is 25.7 Å². The Morgan fingerprint density at radius 3 is 2.95 bits per heavy atom. The van der Waals surface area contributed by atoms with Crippen LogP contribution >= 0.6 is 0 Å². The Hall–Kier alpha value is -2.36. The minimum Gasteiger partial charge on any atom is -0.506 e. The second-order valence-corrected chi connectivity index (χ2v) is 5.32. The molecule has 0 aliphatic heterocycles. The number of nitrogens with zero attached hydrogens (tertiary/aromatic N) is 3. The number of hydrogen-bond donors (Lipinski definition) is 1. The van der Waals surface area contributed by atoms with E-state index >= 15 is 0 Å². The summed E-state index contributed by atoms with van der Waals surface area (Å²) in [6, 6.07) is 7.09. The third-order valence-electron chi connectivity index (χ3n) is 3.71. The van der Waals surface area contributed by atoms with E-state index in [2.05, 4.69) is 34.5 Å². The van der Waals surface area contributed by atoms with Crippen molar-refractivity contribution in [3.05, 3.63) is 60.5 Å². The molecule has 0 fully saturated rings. The van der Waals surface area contributed by atoms with E-state index in [1.165, 1.54) is 11.2 Å². The molecule has 0 radical (unpaired) electrons. The highest BCUT2D eigenvalue weighted by molar-refractivity contribution is 5.43. The van der Waals surface area contributed by atoms with Crippen LogP contribution in [0.25, 0.3) is 5.69 Å². The molecule has 1 aliphatic rings. The lowest BCUT2D eigenvalue weighted by molar-refractivity contribution is 0.467. The maximum absolute atomic E-state index is 9.80. The van der Waals surface area contributed by atoms with Gasteiger partial charge in [-0.3, -0.25) is 0 Å². The molecule has 1 atom stereocenters. The van der Waals surface area contributed by atoms with Crippen LogP contribution < -0.4 is 0 Å². The number of aryl methyl sites for hydroxylation is 1. The summed E-state index contributed by atoms with van der Waals surface area (Å²) in [6.07, 6.45) is 14.8. The van der Waals surface area contributed by atoms with Crippen molar-refractivity contribution in [2.75, 3.05) is 0 Å². The van der Waals surface area contributed by atoms with Crippen molar-refractivity contribution in [3.63, 3.8) is 0 Å². The number of benzene rings is 1. The monoisotopic (exact) mass is 281 g/mol. The number of allylic oxidation sites excluding steroid dienone is 4. The van der Waals surface area contributed by atoms with Gasteiger partial charge in [-0.1, -0.05) is 36.4 Å². The zero-order valence-electron chi connectivity index (χ0n) is 11.9. The van der Waals surface area contributed by atoms with Crippen molar-refractivity contribution < 1.29 is 5.11 Å². The lowest BCUT2D eigenvalue weighted by atomic mass is 9.95. The minimum atomic E-state index is 0.193. The highest BCUT2D eigenvalue weighted by Crippen LogP contribution is 2.20. The molecular weight excluding hydrogens is 262 g/mol. The van der Waals surface area contributed by atoms with Gasteiger partial charge < -0.3 is 5.11 Å². The molecule has 4 heteroatoms. The van der Waals surface area contributed by atoms with Crippen LogP contribution in [0.3, 0.4) is 0 Å². The minimum absolute atomic E-state index is 0.193. The predicted molar refractivity (Wildman–Crippen MR) is 82.3 cm³/mol. The first-order valence-corrected chi connectivity index (χ1v) is 7.36. The number of rotatable bonds is 5. The van der Waals surface area contributed by atoms with Crippen LogP contribution in [0.5, 0.6) is 5.75 Å². The number of aromatic nitrogens is 3. The van der Waals surface area contributed by atoms with Gasteiger partial charge in [0.1, 0.15) is 11.4 Å². The average Bonchev–Trinajstić information content (AvgIpc) is 2.97. The molecule has 0 saturated heterocycles. The molecule has 0 spiro atoms.